The second-order valence-corrected chi connectivity index (χ2v) is 6.72. The zero-order valence-corrected chi connectivity index (χ0v) is 12.9. The SMILES string of the molecule is Cn1c(CCC(N)=O)nnc1Sc1nc2ccccc2s1. The highest BCUT2D eigenvalue weighted by atomic mass is 32.2. The van der Waals surface area contributed by atoms with Gasteiger partial charge in [-0.15, -0.1) is 21.5 Å². The maximum atomic E-state index is 10.8. The van der Waals surface area contributed by atoms with Gasteiger partial charge in [0.15, 0.2) is 9.50 Å². The molecule has 2 N–H and O–H groups in total. The third-order valence-corrected chi connectivity index (χ3v) is 5.11. The molecule has 1 aromatic carbocycles. The first-order chi connectivity index (χ1) is 10.1. The van der Waals surface area contributed by atoms with Crippen LogP contribution in [0.2, 0.25) is 0 Å². The average molecular weight is 319 g/mol. The molecule has 0 bridgehead atoms. The molecule has 21 heavy (non-hydrogen) atoms. The Labute approximate surface area is 129 Å². The van der Waals surface area contributed by atoms with E-state index in [4.69, 9.17) is 5.73 Å². The highest BCUT2D eigenvalue weighted by Gasteiger charge is 2.13. The molecule has 108 valence electrons. The van der Waals surface area contributed by atoms with Crippen molar-refractivity contribution in [2.75, 3.05) is 0 Å². The average Bonchev–Trinajstić information content (AvgIpc) is 3.01. The van der Waals surface area contributed by atoms with Gasteiger partial charge in [0.25, 0.3) is 0 Å². The summed E-state index contributed by atoms with van der Waals surface area (Å²) in [6.45, 7) is 0. The number of amides is 1. The summed E-state index contributed by atoms with van der Waals surface area (Å²) < 4.78 is 3.95. The van der Waals surface area contributed by atoms with Crippen molar-refractivity contribution in [3.8, 4) is 0 Å². The van der Waals surface area contributed by atoms with Crippen molar-refractivity contribution in [1.29, 1.82) is 0 Å². The molecule has 0 radical (unpaired) electrons. The van der Waals surface area contributed by atoms with Crippen molar-refractivity contribution in [2.24, 2.45) is 12.8 Å². The second-order valence-electron chi connectivity index (χ2n) is 4.47. The Bertz CT molecular complexity index is 762. The van der Waals surface area contributed by atoms with Crippen molar-refractivity contribution in [2.45, 2.75) is 22.3 Å². The summed E-state index contributed by atoms with van der Waals surface area (Å²) in [6, 6.07) is 8.01. The standard InChI is InChI=1S/C13H13N5OS2/c1-18-11(7-6-10(14)19)16-17-12(18)21-13-15-8-4-2-3-5-9(8)20-13/h2-5H,6-7H2,1H3,(H2,14,19). The molecule has 3 aromatic rings. The number of carbonyl (C=O) groups excluding carboxylic acids is 1. The molecule has 0 aliphatic carbocycles. The molecule has 0 unspecified atom stereocenters. The Morgan fingerprint density at radius 3 is 2.95 bits per heavy atom. The van der Waals surface area contributed by atoms with Gasteiger partial charge < -0.3 is 10.3 Å². The number of nitrogens with zero attached hydrogens (tertiary/aromatic N) is 4. The van der Waals surface area contributed by atoms with Crippen molar-refractivity contribution in [1.82, 2.24) is 19.7 Å². The number of primary amides is 1. The van der Waals surface area contributed by atoms with Crippen LogP contribution in [0, 0.1) is 0 Å². The van der Waals surface area contributed by atoms with Gasteiger partial charge in [-0.2, -0.15) is 0 Å². The summed E-state index contributed by atoms with van der Waals surface area (Å²) in [4.78, 5) is 15.4. The number of para-hydroxylation sites is 1. The number of nitrogens with two attached hydrogens (primary N) is 1. The first-order valence-electron chi connectivity index (χ1n) is 6.33. The number of thiazole rings is 1. The van der Waals surface area contributed by atoms with E-state index in [-0.39, 0.29) is 12.3 Å². The first kappa shape index (κ1) is 14.0. The van der Waals surface area contributed by atoms with Crippen LogP contribution < -0.4 is 5.73 Å². The van der Waals surface area contributed by atoms with Gasteiger partial charge in [0, 0.05) is 19.9 Å². The summed E-state index contributed by atoms with van der Waals surface area (Å²) in [5.41, 5.74) is 6.14. The van der Waals surface area contributed by atoms with Gasteiger partial charge in [0.2, 0.25) is 5.91 Å². The predicted molar refractivity (Wildman–Crippen MR) is 82.3 cm³/mol. The lowest BCUT2D eigenvalue weighted by Crippen LogP contribution is -2.12. The van der Waals surface area contributed by atoms with Gasteiger partial charge in [-0.3, -0.25) is 4.79 Å². The Morgan fingerprint density at radius 2 is 2.19 bits per heavy atom. The quantitative estimate of drug-likeness (QED) is 0.777. The second kappa shape index (κ2) is 5.82. The summed E-state index contributed by atoms with van der Waals surface area (Å²) in [6.07, 6.45) is 0.775. The van der Waals surface area contributed by atoms with E-state index in [0.29, 0.717) is 6.42 Å². The summed E-state index contributed by atoms with van der Waals surface area (Å²) in [5.74, 6) is 0.413. The van der Waals surface area contributed by atoms with Gasteiger partial charge >= 0.3 is 0 Å². The molecule has 6 nitrogen and oxygen atoms in total. The van der Waals surface area contributed by atoms with E-state index in [1.165, 1.54) is 11.8 Å². The zero-order chi connectivity index (χ0) is 14.8. The number of aryl methyl sites for hydroxylation is 1. The molecule has 0 aliphatic rings. The molecule has 3 rings (SSSR count). The number of benzene rings is 1. The van der Waals surface area contributed by atoms with Crippen LogP contribution in [-0.4, -0.2) is 25.7 Å². The van der Waals surface area contributed by atoms with Crippen LogP contribution in [0.15, 0.2) is 33.8 Å². The molecule has 1 amide bonds. The molecule has 2 heterocycles. The Balaban J connectivity index is 1.79. The molecule has 0 saturated carbocycles. The van der Waals surface area contributed by atoms with Crippen molar-refractivity contribution in [3.05, 3.63) is 30.1 Å². The third kappa shape index (κ3) is 3.06. The fraction of sp³-hybridized carbons (Fsp3) is 0.231. The minimum atomic E-state index is -0.335. The number of hydrogen-bond donors (Lipinski definition) is 1. The van der Waals surface area contributed by atoms with Crippen LogP contribution in [0.1, 0.15) is 12.2 Å². The van der Waals surface area contributed by atoms with Crippen molar-refractivity contribution < 1.29 is 4.79 Å². The third-order valence-electron chi connectivity index (χ3n) is 2.97. The van der Waals surface area contributed by atoms with E-state index in [9.17, 15) is 4.79 Å². The lowest BCUT2D eigenvalue weighted by molar-refractivity contribution is -0.118. The summed E-state index contributed by atoms with van der Waals surface area (Å²) in [7, 11) is 1.88. The molecule has 0 aliphatic heterocycles. The summed E-state index contributed by atoms with van der Waals surface area (Å²) >= 11 is 3.10. The lowest BCUT2D eigenvalue weighted by atomic mass is 10.3. The molecule has 0 saturated heterocycles. The van der Waals surface area contributed by atoms with Gasteiger partial charge in [0.05, 0.1) is 10.2 Å². The minimum absolute atomic E-state index is 0.276. The fourth-order valence-corrected chi connectivity index (χ4v) is 3.84. The van der Waals surface area contributed by atoms with Crippen LogP contribution in [0.4, 0.5) is 0 Å². The van der Waals surface area contributed by atoms with Crippen molar-refractivity contribution in [3.63, 3.8) is 0 Å². The normalized spacial score (nSPS) is 11.1. The van der Waals surface area contributed by atoms with Crippen LogP contribution in [0.5, 0.6) is 0 Å². The Hall–Kier alpha value is -1.93. The van der Waals surface area contributed by atoms with Gasteiger partial charge in [-0.1, -0.05) is 12.1 Å². The van der Waals surface area contributed by atoms with E-state index in [1.807, 2.05) is 35.9 Å². The highest BCUT2D eigenvalue weighted by Crippen LogP contribution is 2.33. The van der Waals surface area contributed by atoms with Gasteiger partial charge in [0.1, 0.15) is 5.82 Å². The maximum absolute atomic E-state index is 10.8. The largest absolute Gasteiger partial charge is 0.370 e. The van der Waals surface area contributed by atoms with E-state index >= 15 is 0 Å². The number of hydrogen-bond acceptors (Lipinski definition) is 6. The van der Waals surface area contributed by atoms with E-state index < -0.39 is 0 Å². The predicted octanol–water partition coefficient (Wildman–Crippen LogP) is 1.99. The first-order valence-corrected chi connectivity index (χ1v) is 7.97. The van der Waals surface area contributed by atoms with Crippen LogP contribution in [-0.2, 0) is 18.3 Å². The van der Waals surface area contributed by atoms with E-state index in [0.717, 1.165) is 25.5 Å². The number of fused-ring (bicyclic) bond motifs is 1. The topological polar surface area (TPSA) is 86.7 Å². The van der Waals surface area contributed by atoms with Gasteiger partial charge in [-0.05, 0) is 23.9 Å². The van der Waals surface area contributed by atoms with Crippen LogP contribution in [0.3, 0.4) is 0 Å². The van der Waals surface area contributed by atoms with E-state index in [2.05, 4.69) is 15.2 Å². The number of carbonyl (C=O) groups is 1. The Morgan fingerprint density at radius 1 is 1.38 bits per heavy atom. The van der Waals surface area contributed by atoms with Crippen LogP contribution >= 0.6 is 23.1 Å². The van der Waals surface area contributed by atoms with E-state index in [1.54, 1.807) is 11.3 Å². The smallest absolute Gasteiger partial charge is 0.217 e. The minimum Gasteiger partial charge on any atom is -0.370 e. The molecular weight excluding hydrogens is 306 g/mol. The molecular formula is C13H13N5OS2. The lowest BCUT2D eigenvalue weighted by Gasteiger charge is -2.00. The zero-order valence-electron chi connectivity index (χ0n) is 11.3. The number of aromatic nitrogens is 4. The molecule has 2 aromatic heterocycles. The maximum Gasteiger partial charge on any atom is 0.217 e. The fourth-order valence-electron chi connectivity index (χ4n) is 1.86. The molecule has 8 heteroatoms. The molecule has 0 fully saturated rings. The summed E-state index contributed by atoms with van der Waals surface area (Å²) in [5, 5.41) is 9.01. The molecule has 0 atom stereocenters. The van der Waals surface area contributed by atoms with Gasteiger partial charge in [-0.25, -0.2) is 4.98 Å². The molecule has 0 spiro atoms. The Kier molecular flexibility index (Phi) is 3.89. The highest BCUT2D eigenvalue weighted by molar-refractivity contribution is 8.01. The van der Waals surface area contributed by atoms with Crippen LogP contribution in [0.25, 0.3) is 10.2 Å². The van der Waals surface area contributed by atoms with Crippen molar-refractivity contribution >= 4 is 39.2 Å². The number of rotatable bonds is 5. The monoisotopic (exact) mass is 319 g/mol.